The van der Waals surface area contributed by atoms with Crippen molar-refractivity contribution in [2.45, 2.75) is 13.1 Å². The first-order valence-electron chi connectivity index (χ1n) is 11.8. The summed E-state index contributed by atoms with van der Waals surface area (Å²) in [5.41, 5.74) is 4.19. The molecule has 0 aliphatic rings. The lowest BCUT2D eigenvalue weighted by Crippen LogP contribution is -2.54. The highest BCUT2D eigenvalue weighted by Crippen LogP contribution is 2.34. The molecule has 0 bridgehead atoms. The largest absolute Gasteiger partial charge is 0.506 e. The van der Waals surface area contributed by atoms with Crippen molar-refractivity contribution in [2.24, 2.45) is 0 Å². The van der Waals surface area contributed by atoms with E-state index in [-0.39, 0.29) is 5.75 Å². The fourth-order valence-corrected chi connectivity index (χ4v) is 7.04. The summed E-state index contributed by atoms with van der Waals surface area (Å²) in [5.74, 6) is 0.220. The zero-order valence-corrected chi connectivity index (χ0v) is 20.7. The Morgan fingerprint density at radius 1 is 0.629 bits per heavy atom. The zero-order chi connectivity index (χ0) is 24.0. The van der Waals surface area contributed by atoms with Gasteiger partial charge in [-0.25, -0.2) is 4.98 Å². The number of phenols is 1. The molecule has 5 heteroatoms. The van der Waals surface area contributed by atoms with Gasteiger partial charge in [0.1, 0.15) is 19.5 Å². The number of fused-ring (bicyclic) bond motifs is 3. The lowest BCUT2D eigenvalue weighted by Gasteiger charge is -2.22. The zero-order valence-electron chi connectivity index (χ0n) is 19.7. The summed E-state index contributed by atoms with van der Waals surface area (Å²) >= 11 is 0. The van der Waals surface area contributed by atoms with Crippen molar-refractivity contribution >= 4 is 40.5 Å². The highest BCUT2D eigenvalue weighted by atomic mass is 28.3. The van der Waals surface area contributed by atoms with E-state index in [1.807, 2.05) is 47.0 Å². The number of nitrogens with zero attached hydrogens (tertiary/aromatic N) is 3. The molecule has 0 amide bonds. The van der Waals surface area contributed by atoms with E-state index in [1.165, 1.54) is 5.19 Å². The molecule has 0 fully saturated rings. The van der Waals surface area contributed by atoms with Gasteiger partial charge in [-0.05, 0) is 42.5 Å². The molecule has 0 spiro atoms. The third-order valence-corrected chi connectivity index (χ3v) is 10.1. The van der Waals surface area contributed by atoms with Crippen LogP contribution in [0.2, 0.25) is 13.1 Å². The van der Waals surface area contributed by atoms with Crippen LogP contribution < -0.4 is 10.5 Å². The third kappa shape index (κ3) is 3.52. The first-order chi connectivity index (χ1) is 17.0. The molecule has 0 saturated heterocycles. The molecule has 0 aliphatic carbocycles. The quantitative estimate of drug-likeness (QED) is 0.332. The predicted molar refractivity (Wildman–Crippen MR) is 147 cm³/mol. The summed E-state index contributed by atoms with van der Waals surface area (Å²) < 4.78 is 2.04. The smallest absolute Gasteiger partial charge is 0.146 e. The Balaban J connectivity index is 1.55. The molecule has 3 aromatic heterocycles. The first kappa shape index (κ1) is 21.3. The molecule has 0 atom stereocenters. The van der Waals surface area contributed by atoms with E-state index < -0.39 is 8.07 Å². The van der Waals surface area contributed by atoms with E-state index in [2.05, 4.69) is 73.8 Å². The molecule has 0 radical (unpaired) electrons. The predicted octanol–water partition coefficient (Wildman–Crippen LogP) is 5.77. The molecular formula is C30H25N3OSi. The fourth-order valence-electron chi connectivity index (χ4n) is 4.81. The van der Waals surface area contributed by atoms with Crippen LogP contribution in [0.1, 0.15) is 0 Å². The van der Waals surface area contributed by atoms with Crippen LogP contribution in [-0.4, -0.2) is 27.7 Å². The summed E-state index contributed by atoms with van der Waals surface area (Å²) in [5, 5.41) is 15.3. The Morgan fingerprint density at radius 2 is 1.34 bits per heavy atom. The minimum absolute atomic E-state index is 0.220. The number of para-hydroxylation sites is 3. The van der Waals surface area contributed by atoms with Crippen LogP contribution in [0.4, 0.5) is 0 Å². The molecule has 3 aromatic carbocycles. The van der Waals surface area contributed by atoms with Crippen LogP contribution in [0.5, 0.6) is 5.75 Å². The van der Waals surface area contributed by atoms with Gasteiger partial charge in [-0.3, -0.25) is 9.55 Å². The van der Waals surface area contributed by atoms with Gasteiger partial charge in [0.15, 0.2) is 0 Å². The number of aromatic hydroxyl groups is 1. The van der Waals surface area contributed by atoms with Crippen molar-refractivity contribution in [1.82, 2.24) is 14.5 Å². The Bertz CT molecular complexity index is 1690. The van der Waals surface area contributed by atoms with E-state index in [0.717, 1.165) is 38.6 Å². The second-order valence-electron chi connectivity index (χ2n) is 9.31. The van der Waals surface area contributed by atoms with Crippen molar-refractivity contribution in [3.8, 4) is 22.8 Å². The van der Waals surface area contributed by atoms with Crippen molar-refractivity contribution in [1.29, 1.82) is 0 Å². The van der Waals surface area contributed by atoms with E-state index >= 15 is 0 Å². The van der Waals surface area contributed by atoms with Crippen LogP contribution >= 0.6 is 0 Å². The number of phenolic OH excluding ortho intramolecular Hbond substituents is 1. The molecule has 4 nitrogen and oxygen atoms in total. The monoisotopic (exact) mass is 471 g/mol. The van der Waals surface area contributed by atoms with Gasteiger partial charge >= 0.3 is 0 Å². The molecular weight excluding hydrogens is 446 g/mol. The molecule has 3 heterocycles. The molecule has 35 heavy (non-hydrogen) atoms. The molecule has 170 valence electrons. The van der Waals surface area contributed by atoms with Crippen molar-refractivity contribution in [2.75, 3.05) is 0 Å². The van der Waals surface area contributed by atoms with E-state index in [4.69, 9.17) is 9.97 Å². The number of rotatable bonds is 4. The van der Waals surface area contributed by atoms with Gasteiger partial charge in [0, 0.05) is 16.1 Å². The normalized spacial score (nSPS) is 11.8. The Morgan fingerprint density at radius 3 is 2.17 bits per heavy atom. The summed E-state index contributed by atoms with van der Waals surface area (Å²) in [4.78, 5) is 10.2. The Hall–Kier alpha value is -4.22. The SMILES string of the molecule is C[Si](C)(c1ccccc1)c1cccc(-c2ccc3c4ccccc4n(-c4ccccc4O)c3n2)n1. The molecule has 0 saturated carbocycles. The van der Waals surface area contributed by atoms with Gasteiger partial charge in [0.2, 0.25) is 0 Å². The maximum absolute atomic E-state index is 10.7. The summed E-state index contributed by atoms with van der Waals surface area (Å²) in [6.07, 6.45) is 0. The van der Waals surface area contributed by atoms with Crippen molar-refractivity contribution in [3.63, 3.8) is 0 Å². The van der Waals surface area contributed by atoms with E-state index in [0.29, 0.717) is 5.69 Å². The third-order valence-electron chi connectivity index (χ3n) is 6.79. The van der Waals surface area contributed by atoms with Gasteiger partial charge in [-0.1, -0.05) is 85.0 Å². The molecule has 6 rings (SSSR count). The average Bonchev–Trinajstić information content (AvgIpc) is 3.23. The minimum Gasteiger partial charge on any atom is -0.506 e. The number of pyridine rings is 2. The number of benzene rings is 3. The maximum atomic E-state index is 10.7. The minimum atomic E-state index is -1.95. The summed E-state index contributed by atoms with van der Waals surface area (Å²) in [6, 6.07) is 36.7. The van der Waals surface area contributed by atoms with Crippen LogP contribution in [0, 0.1) is 0 Å². The van der Waals surface area contributed by atoms with Gasteiger partial charge in [-0.15, -0.1) is 0 Å². The molecule has 0 aliphatic heterocycles. The number of hydrogen-bond donors (Lipinski definition) is 1. The Labute approximate surface area is 205 Å². The van der Waals surface area contributed by atoms with Crippen LogP contribution in [-0.2, 0) is 0 Å². The number of hydrogen-bond acceptors (Lipinski definition) is 3. The summed E-state index contributed by atoms with van der Waals surface area (Å²) in [7, 11) is -1.95. The maximum Gasteiger partial charge on any atom is 0.146 e. The van der Waals surface area contributed by atoms with Crippen molar-refractivity contribution in [3.05, 3.63) is 109 Å². The second-order valence-corrected chi connectivity index (χ2v) is 13.6. The standard InChI is InChI=1S/C30H25N3OSi/c1-35(2,21-11-4-3-5-12-21)29-18-10-14-24(31-29)25-20-19-23-22-13-6-7-15-26(22)33(30(23)32-25)27-16-8-9-17-28(27)34/h3-20,34H,1-2H3. The molecule has 6 aromatic rings. The van der Waals surface area contributed by atoms with Crippen molar-refractivity contribution < 1.29 is 5.11 Å². The lowest BCUT2D eigenvalue weighted by molar-refractivity contribution is 0.473. The van der Waals surface area contributed by atoms with E-state index in [1.54, 1.807) is 6.07 Å². The van der Waals surface area contributed by atoms with Crippen LogP contribution in [0.15, 0.2) is 109 Å². The van der Waals surface area contributed by atoms with Crippen LogP contribution in [0.25, 0.3) is 39.0 Å². The highest BCUT2D eigenvalue weighted by molar-refractivity contribution is 6.99. The summed E-state index contributed by atoms with van der Waals surface area (Å²) in [6.45, 7) is 4.67. The fraction of sp³-hybridized carbons (Fsp3) is 0.0667. The lowest BCUT2D eigenvalue weighted by atomic mass is 10.1. The second kappa shape index (κ2) is 8.22. The number of aromatic nitrogens is 3. The van der Waals surface area contributed by atoms with Gasteiger partial charge in [0.05, 0.1) is 22.6 Å². The van der Waals surface area contributed by atoms with Gasteiger partial charge < -0.3 is 5.11 Å². The highest BCUT2D eigenvalue weighted by Gasteiger charge is 2.28. The Kier molecular flexibility index (Phi) is 5.01. The van der Waals surface area contributed by atoms with Gasteiger partial charge in [0.25, 0.3) is 0 Å². The molecule has 0 unspecified atom stereocenters. The van der Waals surface area contributed by atoms with Gasteiger partial charge in [-0.2, -0.15) is 0 Å². The van der Waals surface area contributed by atoms with Crippen LogP contribution in [0.3, 0.4) is 0 Å². The topological polar surface area (TPSA) is 50.9 Å². The average molecular weight is 472 g/mol. The first-order valence-corrected chi connectivity index (χ1v) is 14.8. The van der Waals surface area contributed by atoms with E-state index in [9.17, 15) is 5.11 Å². The molecule has 1 N–H and O–H groups in total.